The van der Waals surface area contributed by atoms with Crippen LogP contribution in [-0.2, 0) is 6.18 Å². The van der Waals surface area contributed by atoms with Gasteiger partial charge >= 0.3 is 6.18 Å². The molecule has 3 N–H and O–H groups in total. The Bertz CT molecular complexity index is 1480. The Labute approximate surface area is 210 Å². The molecule has 0 fully saturated rings. The van der Waals surface area contributed by atoms with Crippen molar-refractivity contribution in [1.82, 2.24) is 20.1 Å². The normalized spacial score (nSPS) is 13.5. The first-order chi connectivity index (χ1) is 17.8. The second-order valence-corrected chi connectivity index (χ2v) is 8.59. The third kappa shape index (κ3) is 5.50. The lowest BCUT2D eigenvalue weighted by Crippen LogP contribution is -2.18. The molecule has 37 heavy (non-hydrogen) atoms. The van der Waals surface area contributed by atoms with E-state index in [-0.39, 0.29) is 29.4 Å². The van der Waals surface area contributed by atoms with Crippen molar-refractivity contribution in [3.05, 3.63) is 83.8 Å². The van der Waals surface area contributed by atoms with Gasteiger partial charge in [-0.25, -0.2) is 4.98 Å². The van der Waals surface area contributed by atoms with E-state index in [4.69, 9.17) is 4.74 Å². The number of aromatic nitrogens is 3. The predicted molar refractivity (Wildman–Crippen MR) is 134 cm³/mol. The summed E-state index contributed by atoms with van der Waals surface area (Å²) in [6.07, 6.45) is 1.43. The van der Waals surface area contributed by atoms with Crippen LogP contribution in [0.15, 0.2) is 72.7 Å². The topological polar surface area (TPSA) is 95.2 Å². The number of aromatic amines is 1. The summed E-state index contributed by atoms with van der Waals surface area (Å²) in [5, 5.41) is 13.4. The number of hydrogen-bond acceptors (Lipinski definition) is 6. The van der Waals surface area contributed by atoms with Gasteiger partial charge in [0.2, 0.25) is 0 Å². The molecular formula is C26H23F3N6O2. The van der Waals surface area contributed by atoms with Gasteiger partial charge in [-0.3, -0.25) is 9.89 Å². The average Bonchev–Trinajstić information content (AvgIpc) is 3.50. The quantitative estimate of drug-likeness (QED) is 0.302. The second kappa shape index (κ2) is 9.84. The van der Waals surface area contributed by atoms with Gasteiger partial charge in [-0.05, 0) is 48.9 Å². The molecule has 0 radical (unpaired) electrons. The third-order valence-electron chi connectivity index (χ3n) is 5.97. The van der Waals surface area contributed by atoms with Crippen LogP contribution < -0.4 is 15.4 Å². The van der Waals surface area contributed by atoms with Gasteiger partial charge in [0.1, 0.15) is 18.2 Å². The number of carbonyl (C=O) groups excluding carboxylic acids is 1. The third-order valence-corrected chi connectivity index (χ3v) is 5.97. The van der Waals surface area contributed by atoms with Crippen molar-refractivity contribution in [2.45, 2.75) is 12.6 Å². The van der Waals surface area contributed by atoms with Crippen LogP contribution in [0.2, 0.25) is 0 Å². The minimum absolute atomic E-state index is 0.00344. The number of fused-ring (bicyclic) bond motifs is 1. The molecule has 3 heterocycles. The van der Waals surface area contributed by atoms with E-state index in [0.717, 1.165) is 41.7 Å². The van der Waals surface area contributed by atoms with Crippen molar-refractivity contribution in [3.8, 4) is 5.75 Å². The monoisotopic (exact) mass is 508 g/mol. The highest BCUT2D eigenvalue weighted by molar-refractivity contribution is 6.08. The number of anilines is 3. The van der Waals surface area contributed by atoms with Crippen LogP contribution in [0.3, 0.4) is 0 Å². The molecule has 0 spiro atoms. The number of hydrogen-bond donors (Lipinski definition) is 3. The molecule has 4 aromatic rings. The maximum atomic E-state index is 13.6. The van der Waals surface area contributed by atoms with Crippen LogP contribution in [0, 0.1) is 0 Å². The van der Waals surface area contributed by atoms with E-state index < -0.39 is 17.6 Å². The Morgan fingerprint density at radius 3 is 2.81 bits per heavy atom. The van der Waals surface area contributed by atoms with E-state index >= 15 is 0 Å². The minimum atomic E-state index is -4.62. The highest BCUT2D eigenvalue weighted by Gasteiger charge is 2.32. The number of halogens is 3. The number of benzene rings is 2. The van der Waals surface area contributed by atoms with Crippen LogP contribution in [0.5, 0.6) is 5.75 Å². The maximum Gasteiger partial charge on any atom is 0.416 e. The first-order valence-electron chi connectivity index (χ1n) is 11.5. The smallest absolute Gasteiger partial charge is 0.416 e. The molecule has 0 unspecified atom stereocenters. The van der Waals surface area contributed by atoms with Crippen molar-refractivity contribution in [2.24, 2.45) is 0 Å². The zero-order chi connectivity index (χ0) is 26.0. The van der Waals surface area contributed by atoms with Crippen molar-refractivity contribution in [1.29, 1.82) is 0 Å². The van der Waals surface area contributed by atoms with Gasteiger partial charge < -0.3 is 20.3 Å². The van der Waals surface area contributed by atoms with E-state index in [2.05, 4.69) is 25.8 Å². The van der Waals surface area contributed by atoms with Crippen molar-refractivity contribution < 1.29 is 22.7 Å². The van der Waals surface area contributed by atoms with Gasteiger partial charge in [-0.1, -0.05) is 6.08 Å². The molecular weight excluding hydrogens is 485 g/mol. The molecule has 8 nitrogen and oxygen atoms in total. The first-order valence-corrected chi connectivity index (χ1v) is 11.5. The average molecular weight is 509 g/mol. The fraction of sp³-hybridized carbons (Fsp3) is 0.192. The summed E-state index contributed by atoms with van der Waals surface area (Å²) >= 11 is 0. The lowest BCUT2D eigenvalue weighted by atomic mass is 10.1. The van der Waals surface area contributed by atoms with Crippen LogP contribution in [0.4, 0.5) is 30.4 Å². The maximum absolute atomic E-state index is 13.6. The molecule has 190 valence electrons. The molecule has 2 aromatic carbocycles. The summed E-state index contributed by atoms with van der Waals surface area (Å²) in [6, 6.07) is 11.8. The van der Waals surface area contributed by atoms with Crippen molar-refractivity contribution in [2.75, 3.05) is 30.8 Å². The number of carbonyl (C=O) groups is 1. The summed E-state index contributed by atoms with van der Waals surface area (Å²) in [6.45, 7) is 0.961. The van der Waals surface area contributed by atoms with E-state index in [1.165, 1.54) is 18.3 Å². The minimum Gasteiger partial charge on any atom is -0.487 e. The van der Waals surface area contributed by atoms with Gasteiger partial charge in [0.15, 0.2) is 0 Å². The molecule has 0 aliphatic carbocycles. The zero-order valence-corrected chi connectivity index (χ0v) is 19.8. The Balaban J connectivity index is 1.38. The fourth-order valence-corrected chi connectivity index (χ4v) is 4.01. The summed E-state index contributed by atoms with van der Waals surface area (Å²) < 4.78 is 46.4. The Hall–Kier alpha value is -4.54. The van der Waals surface area contributed by atoms with Gasteiger partial charge in [0.25, 0.3) is 5.91 Å². The molecule has 0 saturated carbocycles. The zero-order valence-electron chi connectivity index (χ0n) is 19.8. The largest absolute Gasteiger partial charge is 0.487 e. The standard InChI is InChI=1S/C26H23F3N6O2/c1-35-9-3-4-20(35)15-37-21-11-17(26(27,28)29)10-19(12-21)33-25(36)22-5-2-8-30-24(22)32-18-7-6-16-14-31-34-23(16)13-18/h2,4-8,10-14H,3,9,15H2,1H3,(H,30,32)(H,31,34)(H,33,36). The Morgan fingerprint density at radius 1 is 1.16 bits per heavy atom. The Morgan fingerprint density at radius 2 is 2.03 bits per heavy atom. The highest BCUT2D eigenvalue weighted by Crippen LogP contribution is 2.35. The number of amides is 1. The summed E-state index contributed by atoms with van der Waals surface area (Å²) in [5.74, 6) is -0.371. The molecule has 2 aromatic heterocycles. The van der Waals surface area contributed by atoms with E-state index in [9.17, 15) is 18.0 Å². The lowest BCUT2D eigenvalue weighted by molar-refractivity contribution is -0.137. The lowest BCUT2D eigenvalue weighted by Gasteiger charge is -2.18. The number of nitrogens with zero attached hydrogens (tertiary/aromatic N) is 3. The number of nitrogens with one attached hydrogen (secondary N) is 3. The molecule has 1 aliphatic heterocycles. The summed E-state index contributed by atoms with van der Waals surface area (Å²) in [5.41, 5.74) is 1.53. The SMILES string of the molecule is CN1CCC=C1COc1cc(NC(=O)c2cccnc2Nc2ccc3cn[nH]c3c2)cc(C(F)(F)F)c1. The molecule has 0 bridgehead atoms. The molecule has 1 aliphatic rings. The van der Waals surface area contributed by atoms with Crippen molar-refractivity contribution in [3.63, 3.8) is 0 Å². The highest BCUT2D eigenvalue weighted by atomic mass is 19.4. The summed E-state index contributed by atoms with van der Waals surface area (Å²) in [7, 11) is 1.90. The van der Waals surface area contributed by atoms with Gasteiger partial charge in [-0.2, -0.15) is 18.3 Å². The molecule has 1 amide bonds. The number of H-pyrrole nitrogens is 1. The van der Waals surface area contributed by atoms with Crippen molar-refractivity contribution >= 4 is 34.0 Å². The van der Waals surface area contributed by atoms with Gasteiger partial charge in [0.05, 0.1) is 22.8 Å². The van der Waals surface area contributed by atoms with E-state index in [1.54, 1.807) is 12.3 Å². The fourth-order valence-electron chi connectivity index (χ4n) is 4.01. The number of ether oxygens (including phenoxy) is 1. The van der Waals surface area contributed by atoms with E-state index in [1.807, 2.05) is 36.2 Å². The molecule has 5 rings (SSSR count). The molecule has 0 saturated heterocycles. The first kappa shape index (κ1) is 24.2. The van der Waals surface area contributed by atoms with Crippen LogP contribution >= 0.6 is 0 Å². The summed E-state index contributed by atoms with van der Waals surface area (Å²) in [4.78, 5) is 19.4. The number of likely N-dealkylation sites (N-methyl/N-ethyl adjacent to an activating group) is 1. The van der Waals surface area contributed by atoms with Gasteiger partial charge in [0, 0.05) is 48.3 Å². The van der Waals surface area contributed by atoms with Gasteiger partial charge in [-0.15, -0.1) is 0 Å². The van der Waals surface area contributed by atoms with Crippen LogP contribution in [0.1, 0.15) is 22.3 Å². The molecule has 11 heteroatoms. The predicted octanol–water partition coefficient (Wildman–Crippen LogP) is 5.57. The number of alkyl halides is 3. The van der Waals surface area contributed by atoms with Crippen LogP contribution in [-0.4, -0.2) is 46.2 Å². The van der Waals surface area contributed by atoms with E-state index in [0.29, 0.717) is 5.69 Å². The number of rotatable bonds is 7. The number of pyridine rings is 1. The molecule has 0 atom stereocenters. The van der Waals surface area contributed by atoms with Crippen LogP contribution in [0.25, 0.3) is 10.9 Å². The second-order valence-electron chi connectivity index (χ2n) is 8.59. The Kier molecular flexibility index (Phi) is 6.43.